The van der Waals surface area contributed by atoms with Gasteiger partial charge in [0.05, 0.1) is 5.69 Å². The lowest BCUT2D eigenvalue weighted by Crippen LogP contribution is -2.27. The first-order chi connectivity index (χ1) is 9.79. The Morgan fingerprint density at radius 3 is 2.38 bits per heavy atom. The second-order valence-electron chi connectivity index (χ2n) is 4.58. The first-order valence-corrected chi connectivity index (χ1v) is 8.36. The first-order valence-electron chi connectivity index (χ1n) is 6.12. The molecule has 2 aromatic carbocycles. The molecule has 0 aliphatic carbocycles. The third-order valence-corrected chi connectivity index (χ3v) is 5.03. The molecule has 21 heavy (non-hydrogen) atoms. The summed E-state index contributed by atoms with van der Waals surface area (Å²) in [7, 11) is -3.74. The number of halogens is 2. The lowest BCUT2D eigenvalue weighted by atomic mass is 10.1. The van der Waals surface area contributed by atoms with Gasteiger partial charge in [0, 0.05) is 16.1 Å². The molecule has 4 nitrogen and oxygen atoms in total. The number of anilines is 1. The minimum atomic E-state index is -3.74. The van der Waals surface area contributed by atoms with Crippen LogP contribution in [0.5, 0.6) is 0 Å². The van der Waals surface area contributed by atoms with Crippen LogP contribution in [0.25, 0.3) is 0 Å². The normalized spacial score (nSPS) is 13.1. The van der Waals surface area contributed by atoms with Gasteiger partial charge < -0.3 is 5.73 Å². The van der Waals surface area contributed by atoms with Crippen LogP contribution < -0.4 is 10.5 Å². The van der Waals surface area contributed by atoms with Gasteiger partial charge in [-0.05, 0) is 42.8 Å². The van der Waals surface area contributed by atoms with Crippen molar-refractivity contribution in [3.8, 4) is 0 Å². The molecule has 2 rings (SSSR count). The van der Waals surface area contributed by atoms with Crippen molar-refractivity contribution < 1.29 is 8.42 Å². The summed E-state index contributed by atoms with van der Waals surface area (Å²) in [6.45, 7) is 1.73. The Morgan fingerprint density at radius 2 is 1.76 bits per heavy atom. The molecule has 0 aliphatic rings. The number of hydrogen-bond donors (Lipinski definition) is 2. The molecular formula is C14H14Cl2N2O2S. The Bertz CT molecular complexity index is 763. The molecular weight excluding hydrogens is 331 g/mol. The van der Waals surface area contributed by atoms with Gasteiger partial charge >= 0.3 is 0 Å². The lowest BCUT2D eigenvalue weighted by molar-refractivity contribution is 0.567. The highest BCUT2D eigenvalue weighted by molar-refractivity contribution is 7.89. The molecule has 2 aromatic rings. The van der Waals surface area contributed by atoms with E-state index < -0.39 is 16.1 Å². The molecule has 0 amide bonds. The van der Waals surface area contributed by atoms with Crippen molar-refractivity contribution in [1.29, 1.82) is 0 Å². The fourth-order valence-electron chi connectivity index (χ4n) is 1.90. The predicted octanol–water partition coefficient (Wildman–Crippen LogP) is 3.62. The molecule has 7 heteroatoms. The van der Waals surface area contributed by atoms with E-state index in [9.17, 15) is 8.42 Å². The summed E-state index contributed by atoms with van der Waals surface area (Å²) in [6.07, 6.45) is 0. The monoisotopic (exact) mass is 344 g/mol. The van der Waals surface area contributed by atoms with Crippen LogP contribution in [0.4, 0.5) is 5.69 Å². The molecule has 0 bridgehead atoms. The van der Waals surface area contributed by atoms with Gasteiger partial charge in [-0.2, -0.15) is 0 Å². The van der Waals surface area contributed by atoms with E-state index >= 15 is 0 Å². The van der Waals surface area contributed by atoms with Crippen molar-refractivity contribution in [2.24, 2.45) is 0 Å². The standard InChI is InChI=1S/C14H14Cl2N2O2S/c1-9(10-3-2-4-11(15)7-10)18-21(19,20)14-6-5-12(16)8-13(14)17/h2-9,18H,17H2,1H3. The van der Waals surface area contributed by atoms with Gasteiger partial charge in [0.15, 0.2) is 0 Å². The highest BCUT2D eigenvalue weighted by Gasteiger charge is 2.21. The molecule has 0 radical (unpaired) electrons. The highest BCUT2D eigenvalue weighted by Crippen LogP contribution is 2.25. The summed E-state index contributed by atoms with van der Waals surface area (Å²) >= 11 is 11.7. The van der Waals surface area contributed by atoms with E-state index in [1.807, 2.05) is 0 Å². The average molecular weight is 345 g/mol. The third kappa shape index (κ3) is 3.89. The van der Waals surface area contributed by atoms with E-state index in [1.54, 1.807) is 31.2 Å². The van der Waals surface area contributed by atoms with Gasteiger partial charge in [-0.15, -0.1) is 0 Å². The fraction of sp³-hybridized carbons (Fsp3) is 0.143. The van der Waals surface area contributed by atoms with Crippen LogP contribution in [-0.2, 0) is 10.0 Å². The van der Waals surface area contributed by atoms with Gasteiger partial charge in [-0.25, -0.2) is 13.1 Å². The summed E-state index contributed by atoms with van der Waals surface area (Å²) < 4.78 is 27.3. The number of benzene rings is 2. The number of nitrogen functional groups attached to an aromatic ring is 1. The number of nitrogens with two attached hydrogens (primary N) is 1. The van der Waals surface area contributed by atoms with Crippen molar-refractivity contribution in [2.75, 3.05) is 5.73 Å². The summed E-state index contributed by atoms with van der Waals surface area (Å²) in [4.78, 5) is 0.000720. The van der Waals surface area contributed by atoms with Crippen molar-refractivity contribution in [3.05, 3.63) is 58.1 Å². The van der Waals surface area contributed by atoms with E-state index in [0.717, 1.165) is 5.56 Å². The molecule has 1 unspecified atom stereocenters. The summed E-state index contributed by atoms with van der Waals surface area (Å²) in [5.41, 5.74) is 6.59. The topological polar surface area (TPSA) is 72.2 Å². The SMILES string of the molecule is CC(NS(=O)(=O)c1ccc(Cl)cc1N)c1cccc(Cl)c1. The van der Waals surface area contributed by atoms with E-state index in [2.05, 4.69) is 4.72 Å². The van der Waals surface area contributed by atoms with Crippen molar-refractivity contribution in [1.82, 2.24) is 4.72 Å². The summed E-state index contributed by atoms with van der Waals surface area (Å²) in [5, 5.41) is 0.930. The Morgan fingerprint density at radius 1 is 1.10 bits per heavy atom. The molecule has 0 heterocycles. The number of nitrogens with one attached hydrogen (secondary N) is 1. The smallest absolute Gasteiger partial charge is 0.243 e. The Kier molecular flexibility index (Phi) is 4.78. The summed E-state index contributed by atoms with van der Waals surface area (Å²) in [6, 6.07) is 10.8. The van der Waals surface area contributed by atoms with E-state index in [4.69, 9.17) is 28.9 Å². The van der Waals surface area contributed by atoms with Gasteiger partial charge in [0.2, 0.25) is 10.0 Å². The Hall–Kier alpha value is -1.27. The van der Waals surface area contributed by atoms with Gasteiger partial charge in [0.1, 0.15) is 4.90 Å². The third-order valence-electron chi connectivity index (χ3n) is 2.94. The number of sulfonamides is 1. The van der Waals surface area contributed by atoms with Crippen molar-refractivity contribution in [2.45, 2.75) is 17.9 Å². The zero-order valence-corrected chi connectivity index (χ0v) is 13.5. The molecule has 3 N–H and O–H groups in total. The van der Waals surface area contributed by atoms with Gasteiger partial charge in [-0.1, -0.05) is 35.3 Å². The predicted molar refractivity (Wildman–Crippen MR) is 86.1 cm³/mol. The lowest BCUT2D eigenvalue weighted by Gasteiger charge is -2.16. The van der Waals surface area contributed by atoms with Crippen molar-refractivity contribution in [3.63, 3.8) is 0 Å². The molecule has 0 saturated carbocycles. The molecule has 0 saturated heterocycles. The van der Waals surface area contributed by atoms with Crippen molar-refractivity contribution >= 4 is 38.9 Å². The zero-order chi connectivity index (χ0) is 15.6. The number of rotatable bonds is 4. The van der Waals surface area contributed by atoms with Crippen LogP contribution in [0.2, 0.25) is 10.0 Å². The number of hydrogen-bond acceptors (Lipinski definition) is 3. The Balaban J connectivity index is 2.29. The first kappa shape index (κ1) is 16.1. The van der Waals surface area contributed by atoms with Crippen LogP contribution >= 0.6 is 23.2 Å². The molecule has 0 aliphatic heterocycles. The average Bonchev–Trinajstić information content (AvgIpc) is 2.37. The van der Waals surface area contributed by atoms with E-state index in [-0.39, 0.29) is 10.6 Å². The minimum absolute atomic E-state index is 0.000720. The molecule has 112 valence electrons. The zero-order valence-electron chi connectivity index (χ0n) is 11.2. The summed E-state index contributed by atoms with van der Waals surface area (Å²) in [5.74, 6) is 0. The second-order valence-corrected chi connectivity index (χ2v) is 7.14. The molecule has 0 spiro atoms. The van der Waals surface area contributed by atoms with Crippen LogP contribution in [0.3, 0.4) is 0 Å². The molecule has 0 aromatic heterocycles. The maximum atomic E-state index is 12.4. The van der Waals surface area contributed by atoms with Crippen LogP contribution in [0.1, 0.15) is 18.5 Å². The van der Waals surface area contributed by atoms with Gasteiger partial charge in [-0.3, -0.25) is 0 Å². The molecule has 1 atom stereocenters. The second kappa shape index (κ2) is 6.23. The quantitative estimate of drug-likeness (QED) is 0.832. The van der Waals surface area contributed by atoms with E-state index in [1.165, 1.54) is 18.2 Å². The van der Waals surface area contributed by atoms with Gasteiger partial charge in [0.25, 0.3) is 0 Å². The molecule has 0 fully saturated rings. The van der Waals surface area contributed by atoms with Crippen LogP contribution in [0, 0.1) is 0 Å². The fourth-order valence-corrected chi connectivity index (χ4v) is 3.63. The van der Waals surface area contributed by atoms with E-state index in [0.29, 0.717) is 10.0 Å². The largest absolute Gasteiger partial charge is 0.398 e. The minimum Gasteiger partial charge on any atom is -0.398 e. The highest BCUT2D eigenvalue weighted by atomic mass is 35.5. The maximum Gasteiger partial charge on any atom is 0.243 e. The van der Waals surface area contributed by atoms with Crippen LogP contribution in [0.15, 0.2) is 47.4 Å². The maximum absolute atomic E-state index is 12.4. The van der Waals surface area contributed by atoms with Crippen LogP contribution in [-0.4, -0.2) is 8.42 Å². The Labute approximate surface area is 133 Å².